The molecule has 432 valence electrons. The van der Waals surface area contributed by atoms with Gasteiger partial charge in [0.2, 0.25) is 0 Å². The maximum absolute atomic E-state index is 10.6. The van der Waals surface area contributed by atoms with Crippen molar-refractivity contribution >= 4 is 23.9 Å². The van der Waals surface area contributed by atoms with Crippen molar-refractivity contribution in [1.82, 2.24) is 0 Å². The fraction of sp³-hybridized carbons (Fsp3) is 0.923. The predicted octanol–water partition coefficient (Wildman–Crippen LogP) is 5.78. The molecule has 20 nitrogen and oxygen atoms in total. The van der Waals surface area contributed by atoms with Gasteiger partial charge in [0, 0.05) is 49.6 Å². The van der Waals surface area contributed by atoms with Crippen LogP contribution in [0.4, 0.5) is 0 Å². The van der Waals surface area contributed by atoms with Crippen LogP contribution in [0.25, 0.3) is 0 Å². The summed E-state index contributed by atoms with van der Waals surface area (Å²) in [5.74, 6) is -9.88. The Hall–Kier alpha value is -1.89. The van der Waals surface area contributed by atoms with Crippen molar-refractivity contribution in [3.05, 3.63) is 0 Å². The second-order valence-electron chi connectivity index (χ2n) is 20.2. The maximum Gasteiger partial charge on any atom is 4.00 e. The fourth-order valence-electron chi connectivity index (χ4n) is 6.37. The summed E-state index contributed by atoms with van der Waals surface area (Å²) >= 11 is 0. The van der Waals surface area contributed by atoms with Gasteiger partial charge in [0.15, 0.2) is 0 Å². The van der Waals surface area contributed by atoms with Crippen LogP contribution in [-0.4, -0.2) is 121 Å². The molecule has 0 spiro atoms. The van der Waals surface area contributed by atoms with Crippen molar-refractivity contribution in [2.75, 3.05) is 0 Å². The minimum Gasteiger partial charge on any atom is -0.550 e. The average molecular weight is 1090 g/mol. The van der Waals surface area contributed by atoms with E-state index >= 15 is 0 Å². The summed E-state index contributed by atoms with van der Waals surface area (Å²) in [6.45, 7) is 44.4. The SMILES string of the molecule is CC(C)OC(CCC(=O)[O-])(OC(C)C)OC(C)C.CC(C)OC(CCC(=O)[O-])(OC(C)C)OC(C)C.CC(C)OC(CCC(=O)[O-])(OC(C)C)OC(C)C.CC(C)OC(CCC(=O)[O-])(OC(C)C)OC(C)C.[Ti+4]. The first-order chi connectivity index (χ1) is 32.7. The number of carbonyl (C=O) groups excluding carboxylic acids is 4. The molecule has 0 N–H and O–H groups in total. The zero-order chi connectivity index (χ0) is 57.4. The average Bonchev–Trinajstić information content (AvgIpc) is 3.12. The monoisotopic (exact) mass is 1090 g/mol. The van der Waals surface area contributed by atoms with Crippen LogP contribution < -0.4 is 20.4 Å². The molecule has 0 aromatic heterocycles. The van der Waals surface area contributed by atoms with Crippen LogP contribution in [0.2, 0.25) is 0 Å². The molecule has 0 aliphatic heterocycles. The van der Waals surface area contributed by atoms with Gasteiger partial charge in [-0.15, -0.1) is 0 Å². The molecule has 0 bridgehead atoms. The van der Waals surface area contributed by atoms with Crippen LogP contribution in [0, 0.1) is 0 Å². The van der Waals surface area contributed by atoms with Crippen LogP contribution in [0.3, 0.4) is 0 Å². The Morgan fingerprint density at radius 2 is 0.329 bits per heavy atom. The first-order valence-electron chi connectivity index (χ1n) is 25.6. The summed E-state index contributed by atoms with van der Waals surface area (Å²) in [5.41, 5.74) is 0. The summed E-state index contributed by atoms with van der Waals surface area (Å²) in [5, 5.41) is 42.5. The summed E-state index contributed by atoms with van der Waals surface area (Å²) in [6.07, 6.45) is -1.91. The van der Waals surface area contributed by atoms with Gasteiger partial charge < -0.3 is 96.4 Å². The van der Waals surface area contributed by atoms with Crippen molar-refractivity contribution in [2.24, 2.45) is 0 Å². The van der Waals surface area contributed by atoms with E-state index in [1.165, 1.54) is 0 Å². The Morgan fingerprint density at radius 3 is 0.384 bits per heavy atom. The van der Waals surface area contributed by atoms with Crippen molar-refractivity contribution in [2.45, 2.75) is 315 Å². The van der Waals surface area contributed by atoms with Gasteiger partial charge in [0.1, 0.15) is 0 Å². The Labute approximate surface area is 455 Å². The second-order valence-corrected chi connectivity index (χ2v) is 20.2. The number of hydrogen-bond donors (Lipinski definition) is 0. The first kappa shape index (κ1) is 80.0. The Bertz CT molecular complexity index is 1100. The minimum absolute atomic E-state index is 0. The van der Waals surface area contributed by atoms with E-state index in [4.69, 9.17) is 56.8 Å². The molecular weight excluding hydrogens is 992 g/mol. The smallest absolute Gasteiger partial charge is 0.550 e. The van der Waals surface area contributed by atoms with Gasteiger partial charge in [-0.05, 0) is 192 Å². The van der Waals surface area contributed by atoms with Crippen LogP contribution in [0.1, 0.15) is 218 Å². The van der Waals surface area contributed by atoms with Gasteiger partial charge in [-0.3, -0.25) is 0 Å². The molecule has 0 aliphatic carbocycles. The second kappa shape index (κ2) is 41.2. The predicted molar refractivity (Wildman–Crippen MR) is 263 cm³/mol. The van der Waals surface area contributed by atoms with Gasteiger partial charge in [0.25, 0.3) is 23.9 Å². The van der Waals surface area contributed by atoms with Crippen molar-refractivity contribution in [3.8, 4) is 0 Å². The third-order valence-electron chi connectivity index (χ3n) is 7.52. The van der Waals surface area contributed by atoms with E-state index in [1.807, 2.05) is 166 Å². The van der Waals surface area contributed by atoms with Gasteiger partial charge in [-0.25, -0.2) is 0 Å². The molecule has 73 heavy (non-hydrogen) atoms. The van der Waals surface area contributed by atoms with E-state index in [2.05, 4.69) is 0 Å². The van der Waals surface area contributed by atoms with Gasteiger partial charge >= 0.3 is 21.7 Å². The minimum atomic E-state index is -1.32. The van der Waals surface area contributed by atoms with Crippen LogP contribution in [0.15, 0.2) is 0 Å². The number of carboxylic acids is 4. The molecule has 0 amide bonds. The summed E-state index contributed by atoms with van der Waals surface area (Å²) in [6, 6.07) is 0. The molecule has 0 saturated heterocycles. The Balaban J connectivity index is -0.000000280. The largest absolute Gasteiger partial charge is 4.00 e. The Morgan fingerprint density at radius 1 is 0.247 bits per heavy atom. The summed E-state index contributed by atoms with van der Waals surface area (Å²) in [4.78, 5) is 42.5. The standard InChI is InChI=1S/4C13H26O5.Ti/c4*1-9(2)16-13(17-10(3)4,18-11(5)6)8-7-12(14)15;/h4*9-11H,7-8H2,1-6H3,(H,14,15);/q;;;;+4/p-4. The normalized spacial score (nSPS) is 12.5. The first-order valence-corrected chi connectivity index (χ1v) is 25.6. The molecule has 0 rings (SSSR count). The fourth-order valence-corrected chi connectivity index (χ4v) is 6.37. The third kappa shape index (κ3) is 48.2. The van der Waals surface area contributed by atoms with E-state index in [-0.39, 0.29) is 146 Å². The molecule has 0 aliphatic rings. The van der Waals surface area contributed by atoms with Gasteiger partial charge in [-0.1, -0.05) is 0 Å². The van der Waals surface area contributed by atoms with E-state index in [0.29, 0.717) is 0 Å². The van der Waals surface area contributed by atoms with Crippen LogP contribution in [-0.2, 0) is 97.7 Å². The quantitative estimate of drug-likeness (QED) is 0.0531. The molecule has 0 aromatic rings. The van der Waals surface area contributed by atoms with Crippen molar-refractivity contribution < 1.29 is 118 Å². The van der Waals surface area contributed by atoms with E-state index in [0.717, 1.165) is 0 Å². The maximum atomic E-state index is 10.6. The Kier molecular flexibility index (Phi) is 45.2. The zero-order valence-corrected chi connectivity index (χ0v) is 50.8. The third-order valence-corrected chi connectivity index (χ3v) is 7.52. The molecule has 21 heteroatoms. The molecule has 0 unspecified atom stereocenters. The number of aliphatic carboxylic acids is 4. The van der Waals surface area contributed by atoms with Crippen LogP contribution in [0.5, 0.6) is 0 Å². The number of hydrogen-bond acceptors (Lipinski definition) is 20. The molecule has 0 radical (unpaired) electrons. The number of ether oxygens (including phenoxy) is 12. The molecule has 0 fully saturated rings. The van der Waals surface area contributed by atoms with Gasteiger partial charge in [0.05, 0.1) is 73.2 Å². The molecule has 0 saturated carbocycles. The molecule has 0 heterocycles. The topological polar surface area (TPSA) is 271 Å². The van der Waals surface area contributed by atoms with E-state index < -0.39 is 47.8 Å². The molecule has 0 atom stereocenters. The van der Waals surface area contributed by atoms with Gasteiger partial charge in [-0.2, -0.15) is 0 Å². The number of rotatable bonds is 36. The summed E-state index contributed by atoms with van der Waals surface area (Å²) < 4.78 is 68.1. The van der Waals surface area contributed by atoms with Crippen molar-refractivity contribution in [1.29, 1.82) is 0 Å². The molecular formula is C52H100O20Ti. The molecule has 0 aromatic carbocycles. The zero-order valence-electron chi connectivity index (χ0n) is 49.3. The van der Waals surface area contributed by atoms with E-state index in [1.54, 1.807) is 0 Å². The van der Waals surface area contributed by atoms with Crippen molar-refractivity contribution in [3.63, 3.8) is 0 Å². The van der Waals surface area contributed by atoms with E-state index in [9.17, 15) is 39.6 Å². The van der Waals surface area contributed by atoms with Crippen LogP contribution >= 0.6 is 0 Å². The summed E-state index contributed by atoms with van der Waals surface area (Å²) in [7, 11) is 0. The number of carboxylic acid groups (broad SMARTS) is 4. The number of carbonyl (C=O) groups is 4.